The van der Waals surface area contributed by atoms with Crippen LogP contribution in [0.2, 0.25) is 0 Å². The van der Waals surface area contributed by atoms with Gasteiger partial charge in [-0.15, -0.1) is 0 Å². The minimum atomic E-state index is -0.569. The molecule has 0 aliphatic rings. The van der Waals surface area contributed by atoms with Crippen LogP contribution in [0.25, 0.3) is 0 Å². The highest BCUT2D eigenvalue weighted by Crippen LogP contribution is 2.07. The highest BCUT2D eigenvalue weighted by atomic mass is 16.5. The molecule has 6 nitrogen and oxygen atoms in total. The largest absolute Gasteiger partial charge is 0.618 e. The number of aromatic hydroxyl groups is 1. The lowest BCUT2D eigenvalue weighted by molar-refractivity contribution is -0.614. The number of carbonyl (C=O) groups excluding carboxylic acids is 1. The van der Waals surface area contributed by atoms with Crippen molar-refractivity contribution in [3.05, 3.63) is 23.3 Å². The van der Waals surface area contributed by atoms with Crippen molar-refractivity contribution in [2.45, 2.75) is 13.3 Å². The summed E-state index contributed by atoms with van der Waals surface area (Å²) in [6.07, 6.45) is 1.97. The Morgan fingerprint density at radius 3 is 3.07 bits per heavy atom. The first-order valence-electron chi connectivity index (χ1n) is 4.06. The van der Waals surface area contributed by atoms with E-state index < -0.39 is 11.8 Å². The summed E-state index contributed by atoms with van der Waals surface area (Å²) in [6.45, 7) is 1.89. The zero-order chi connectivity index (χ0) is 10.6. The molecule has 1 aromatic heterocycles. The van der Waals surface area contributed by atoms with Crippen molar-refractivity contribution in [2.24, 2.45) is 0 Å². The predicted molar refractivity (Wildman–Crippen MR) is 45.2 cm³/mol. The van der Waals surface area contributed by atoms with Gasteiger partial charge in [0.1, 0.15) is 6.42 Å². The van der Waals surface area contributed by atoms with Crippen molar-refractivity contribution >= 4 is 5.97 Å². The van der Waals surface area contributed by atoms with Crippen molar-refractivity contribution < 1.29 is 19.4 Å². The second-order valence-electron chi connectivity index (χ2n) is 2.51. The number of esters is 1. The number of aromatic nitrogens is 2. The highest BCUT2D eigenvalue weighted by molar-refractivity contribution is 5.72. The van der Waals surface area contributed by atoms with E-state index in [4.69, 9.17) is 5.11 Å². The van der Waals surface area contributed by atoms with E-state index in [1.165, 1.54) is 0 Å². The molecular formula is C8H10N2O4. The molecule has 1 aromatic rings. The minimum Gasteiger partial charge on any atom is -0.618 e. The summed E-state index contributed by atoms with van der Waals surface area (Å²) in [7, 11) is 0. The third-order valence-corrected chi connectivity index (χ3v) is 1.54. The first-order chi connectivity index (χ1) is 6.65. The molecule has 0 fully saturated rings. The van der Waals surface area contributed by atoms with Crippen molar-refractivity contribution in [1.29, 1.82) is 0 Å². The molecule has 0 aliphatic carbocycles. The molecular weight excluding hydrogens is 188 g/mol. The van der Waals surface area contributed by atoms with Crippen LogP contribution in [0.3, 0.4) is 0 Å². The highest BCUT2D eigenvalue weighted by Gasteiger charge is 2.18. The van der Waals surface area contributed by atoms with Gasteiger partial charge >= 0.3 is 5.97 Å². The SMILES string of the molecule is CCOC(=O)Cc1c(O)ncc[n+]1[O-]. The molecule has 0 saturated carbocycles. The van der Waals surface area contributed by atoms with Crippen LogP contribution >= 0.6 is 0 Å². The van der Waals surface area contributed by atoms with Gasteiger partial charge in [0.15, 0.2) is 6.20 Å². The van der Waals surface area contributed by atoms with Gasteiger partial charge in [-0.3, -0.25) is 4.79 Å². The Hall–Kier alpha value is -1.85. The number of hydrogen-bond acceptors (Lipinski definition) is 5. The summed E-state index contributed by atoms with van der Waals surface area (Å²) in [4.78, 5) is 14.5. The van der Waals surface area contributed by atoms with E-state index in [0.29, 0.717) is 4.73 Å². The number of hydrogen-bond donors (Lipinski definition) is 1. The van der Waals surface area contributed by atoms with Crippen LogP contribution in [0.1, 0.15) is 12.6 Å². The molecule has 0 saturated heterocycles. The molecule has 0 amide bonds. The Morgan fingerprint density at radius 2 is 2.50 bits per heavy atom. The molecule has 0 bridgehead atoms. The first-order valence-corrected chi connectivity index (χ1v) is 4.06. The molecule has 14 heavy (non-hydrogen) atoms. The fourth-order valence-electron chi connectivity index (χ4n) is 0.933. The lowest BCUT2D eigenvalue weighted by Gasteiger charge is -2.04. The van der Waals surface area contributed by atoms with Gasteiger partial charge in [-0.05, 0) is 6.92 Å². The molecule has 0 atom stereocenters. The Kier molecular flexibility index (Phi) is 3.22. The van der Waals surface area contributed by atoms with Crippen molar-refractivity contribution in [3.63, 3.8) is 0 Å². The molecule has 1 rings (SSSR count). The summed E-state index contributed by atoms with van der Waals surface area (Å²) in [5, 5.41) is 20.3. The van der Waals surface area contributed by atoms with Crippen LogP contribution in [0.15, 0.2) is 12.4 Å². The van der Waals surface area contributed by atoms with Gasteiger partial charge in [0.05, 0.1) is 12.8 Å². The van der Waals surface area contributed by atoms with Crippen LogP contribution in [-0.2, 0) is 16.0 Å². The van der Waals surface area contributed by atoms with Crippen molar-refractivity contribution in [1.82, 2.24) is 4.98 Å². The lowest BCUT2D eigenvalue weighted by atomic mass is 10.3. The fourth-order valence-corrected chi connectivity index (χ4v) is 0.933. The summed E-state index contributed by atoms with van der Waals surface area (Å²) in [6, 6.07) is 0. The van der Waals surface area contributed by atoms with E-state index >= 15 is 0 Å². The second-order valence-corrected chi connectivity index (χ2v) is 2.51. The van der Waals surface area contributed by atoms with E-state index in [1.807, 2.05) is 0 Å². The maximum atomic E-state index is 11.1. The van der Waals surface area contributed by atoms with Crippen LogP contribution in [-0.4, -0.2) is 22.7 Å². The minimum absolute atomic E-state index is 0.106. The number of rotatable bonds is 3. The maximum absolute atomic E-state index is 11.1. The smallest absolute Gasteiger partial charge is 0.316 e. The van der Waals surface area contributed by atoms with Crippen molar-refractivity contribution in [2.75, 3.05) is 6.61 Å². The quantitative estimate of drug-likeness (QED) is 0.403. The number of ether oxygens (including phenoxy) is 1. The van der Waals surface area contributed by atoms with E-state index in [0.717, 1.165) is 12.4 Å². The molecule has 0 radical (unpaired) electrons. The molecule has 0 aliphatic heterocycles. The zero-order valence-electron chi connectivity index (χ0n) is 7.64. The van der Waals surface area contributed by atoms with Crippen LogP contribution in [0.4, 0.5) is 0 Å². The molecule has 76 valence electrons. The van der Waals surface area contributed by atoms with Crippen LogP contribution in [0, 0.1) is 5.21 Å². The van der Waals surface area contributed by atoms with Gasteiger partial charge in [-0.2, -0.15) is 4.73 Å². The fraction of sp³-hybridized carbons (Fsp3) is 0.375. The summed E-state index contributed by atoms with van der Waals surface area (Å²) < 4.78 is 5.01. The molecule has 1 heterocycles. The van der Waals surface area contributed by atoms with Crippen molar-refractivity contribution in [3.8, 4) is 5.88 Å². The normalized spacial score (nSPS) is 9.79. The van der Waals surface area contributed by atoms with Gasteiger partial charge in [0.2, 0.25) is 0 Å². The molecule has 0 spiro atoms. The Balaban J connectivity index is 2.80. The molecule has 1 N–H and O–H groups in total. The lowest BCUT2D eigenvalue weighted by Crippen LogP contribution is -2.33. The average Bonchev–Trinajstić information content (AvgIpc) is 2.12. The summed E-state index contributed by atoms with van der Waals surface area (Å²) in [5.41, 5.74) is -0.106. The molecule has 0 aromatic carbocycles. The standard InChI is InChI=1S/C8H10N2O4/c1-2-14-7(11)5-6-8(12)9-3-4-10(6)13/h3-4H,2,5H2,1H3,(H,9,12). The summed E-state index contributed by atoms with van der Waals surface area (Å²) >= 11 is 0. The Morgan fingerprint density at radius 1 is 1.79 bits per heavy atom. The first kappa shape index (κ1) is 10.2. The van der Waals surface area contributed by atoms with E-state index in [-0.39, 0.29) is 18.7 Å². The third kappa shape index (κ3) is 2.32. The Labute approximate surface area is 80.4 Å². The van der Waals surface area contributed by atoms with Gasteiger partial charge in [0.25, 0.3) is 11.6 Å². The predicted octanol–water partition coefficient (Wildman–Crippen LogP) is -0.474. The van der Waals surface area contributed by atoms with Gasteiger partial charge < -0.3 is 15.1 Å². The van der Waals surface area contributed by atoms with Gasteiger partial charge in [0, 0.05) is 0 Å². The van der Waals surface area contributed by atoms with E-state index in [9.17, 15) is 10.0 Å². The second kappa shape index (κ2) is 4.40. The van der Waals surface area contributed by atoms with Crippen LogP contribution in [0.5, 0.6) is 5.88 Å². The van der Waals surface area contributed by atoms with Gasteiger partial charge in [-0.25, -0.2) is 4.98 Å². The number of carbonyl (C=O) groups is 1. The monoisotopic (exact) mass is 198 g/mol. The molecule has 6 heteroatoms. The average molecular weight is 198 g/mol. The number of nitrogens with zero attached hydrogens (tertiary/aromatic N) is 2. The maximum Gasteiger partial charge on any atom is 0.316 e. The third-order valence-electron chi connectivity index (χ3n) is 1.54. The van der Waals surface area contributed by atoms with Gasteiger partial charge in [-0.1, -0.05) is 0 Å². The summed E-state index contributed by atoms with van der Waals surface area (Å²) in [5.74, 6) is -1.02. The van der Waals surface area contributed by atoms with E-state index in [2.05, 4.69) is 9.72 Å². The topological polar surface area (TPSA) is 86.4 Å². The van der Waals surface area contributed by atoms with E-state index in [1.54, 1.807) is 6.92 Å². The van der Waals surface area contributed by atoms with Crippen LogP contribution < -0.4 is 4.73 Å². The molecule has 0 unspecified atom stereocenters. The Bertz CT molecular complexity index is 320. The zero-order valence-corrected chi connectivity index (χ0v) is 7.64.